The highest BCUT2D eigenvalue weighted by molar-refractivity contribution is 6.29. The molecule has 3 nitrogen and oxygen atoms in total. The maximum Gasteiger partial charge on any atom is 0.255 e. The zero-order valence-corrected chi connectivity index (χ0v) is 5.09. The van der Waals surface area contributed by atoms with Gasteiger partial charge in [0, 0.05) is 0 Å². The van der Waals surface area contributed by atoms with E-state index >= 15 is 0 Å². The summed E-state index contributed by atoms with van der Waals surface area (Å²) in [6.07, 6.45) is 4.12. The predicted molar refractivity (Wildman–Crippen MR) is 31.8 cm³/mol. The van der Waals surface area contributed by atoms with Crippen molar-refractivity contribution in [1.29, 1.82) is 0 Å². The van der Waals surface area contributed by atoms with Crippen LogP contribution in [0.3, 0.4) is 0 Å². The normalized spacial score (nSPS) is 9.00. The average Bonchev–Trinajstić information content (AvgIpc) is 1.90. The number of carbonyl (C=O) groups excluding carboxylic acids is 1. The highest BCUT2D eigenvalue weighted by atomic mass is 35.5. The number of nitrogens with zero attached hydrogens (tertiary/aromatic N) is 2. The fourth-order valence-corrected chi connectivity index (χ4v) is 0.463. The van der Waals surface area contributed by atoms with E-state index in [2.05, 4.69) is 9.97 Å². The van der Waals surface area contributed by atoms with Crippen molar-refractivity contribution < 1.29 is 4.79 Å². The summed E-state index contributed by atoms with van der Waals surface area (Å²) < 4.78 is 0. The fraction of sp³-hybridized carbons (Fsp3) is 0. The maximum absolute atomic E-state index is 9.85. The van der Waals surface area contributed by atoms with Crippen molar-refractivity contribution in [3.63, 3.8) is 0 Å². The van der Waals surface area contributed by atoms with Crippen LogP contribution in [0.25, 0.3) is 0 Å². The van der Waals surface area contributed by atoms with E-state index in [0.29, 0.717) is 0 Å². The highest BCUT2D eigenvalue weighted by Gasteiger charge is 1.91. The van der Waals surface area contributed by atoms with Crippen LogP contribution in [0.1, 0.15) is 5.69 Å². The van der Waals surface area contributed by atoms with E-state index in [4.69, 9.17) is 11.6 Å². The molecule has 45 valence electrons. The Morgan fingerprint density at radius 3 is 2.67 bits per heavy atom. The van der Waals surface area contributed by atoms with Crippen molar-refractivity contribution in [3.8, 4) is 0 Å². The molecule has 0 saturated heterocycles. The molecule has 1 heterocycles. The first kappa shape index (κ1) is 6.16. The summed E-state index contributed by atoms with van der Waals surface area (Å²) in [6, 6.07) is 0. The smallest absolute Gasteiger partial charge is 0.255 e. The third-order valence-corrected chi connectivity index (χ3v) is 0.920. The van der Waals surface area contributed by atoms with Crippen LogP contribution in [-0.2, 0) is 4.79 Å². The summed E-state index contributed by atoms with van der Waals surface area (Å²) in [5.41, 5.74) is 0.166. The van der Waals surface area contributed by atoms with Crippen LogP contribution in [0.15, 0.2) is 12.4 Å². The second-order valence-corrected chi connectivity index (χ2v) is 1.71. The minimum absolute atomic E-state index is 0.166. The van der Waals surface area contributed by atoms with Gasteiger partial charge in [-0.2, -0.15) is 0 Å². The molecule has 9 heavy (non-hydrogen) atoms. The van der Waals surface area contributed by atoms with Gasteiger partial charge in [0.1, 0.15) is 10.8 Å². The third kappa shape index (κ3) is 1.47. The lowest BCUT2D eigenvalue weighted by Crippen LogP contribution is -1.86. The Morgan fingerprint density at radius 1 is 1.44 bits per heavy atom. The topological polar surface area (TPSA) is 42.9 Å². The van der Waals surface area contributed by atoms with Crippen LogP contribution in [0.5, 0.6) is 0 Å². The number of hydrogen-bond donors (Lipinski definition) is 0. The van der Waals surface area contributed by atoms with Gasteiger partial charge >= 0.3 is 0 Å². The van der Waals surface area contributed by atoms with E-state index in [-0.39, 0.29) is 10.8 Å². The van der Waals surface area contributed by atoms with Crippen LogP contribution in [0, 0.1) is 0 Å². The Morgan fingerprint density at radius 2 is 2.22 bits per heavy atom. The van der Waals surface area contributed by atoms with Crippen molar-refractivity contribution in [3.05, 3.63) is 23.2 Å². The van der Waals surface area contributed by atoms with Gasteiger partial charge in [-0.15, -0.1) is 0 Å². The van der Waals surface area contributed by atoms with Crippen LogP contribution in [0.4, 0.5) is 0 Å². The average molecular weight is 142 g/mol. The number of halogens is 1. The molecule has 0 N–H and O–H groups in total. The Kier molecular flexibility index (Phi) is 1.75. The van der Waals surface area contributed by atoms with Crippen molar-refractivity contribution in [2.24, 2.45) is 0 Å². The molecule has 1 rings (SSSR count). The quantitative estimate of drug-likeness (QED) is 0.575. The number of hydrogen-bond acceptors (Lipinski definition) is 3. The van der Waals surface area contributed by atoms with Gasteiger partial charge in [-0.3, -0.25) is 4.79 Å². The minimum Gasteiger partial charge on any atom is -0.283 e. The largest absolute Gasteiger partial charge is 0.283 e. The van der Waals surface area contributed by atoms with Crippen LogP contribution >= 0.6 is 11.6 Å². The lowest BCUT2D eigenvalue weighted by Gasteiger charge is -1.85. The summed E-state index contributed by atoms with van der Waals surface area (Å²) in [6.45, 7) is 0. The Bertz CT molecular complexity index is 209. The summed E-state index contributed by atoms with van der Waals surface area (Å²) in [7, 11) is 0. The van der Waals surface area contributed by atoms with E-state index in [1.165, 1.54) is 12.4 Å². The van der Waals surface area contributed by atoms with Gasteiger partial charge < -0.3 is 0 Å². The number of rotatable bonds is 1. The lowest BCUT2D eigenvalue weighted by atomic mass is 10.5. The van der Waals surface area contributed by atoms with Crippen LogP contribution in [-0.4, -0.2) is 16.3 Å². The standard InChI is InChI=1S/C5H2ClN2O/c6-5-2-7-4(3-9)1-8-5/h1-2H. The molecule has 1 aromatic rings. The molecule has 0 aliphatic rings. The van der Waals surface area contributed by atoms with Gasteiger partial charge in [-0.25, -0.2) is 9.97 Å². The Hall–Kier alpha value is -0.960. The number of aromatic nitrogens is 2. The van der Waals surface area contributed by atoms with Crippen molar-refractivity contribution >= 4 is 17.9 Å². The molecule has 0 aromatic carbocycles. The summed E-state index contributed by atoms with van der Waals surface area (Å²) in [4.78, 5) is 17.0. The highest BCUT2D eigenvalue weighted by Crippen LogP contribution is 1.98. The molecule has 0 aliphatic carbocycles. The van der Waals surface area contributed by atoms with Crippen molar-refractivity contribution in [1.82, 2.24) is 9.97 Å². The lowest BCUT2D eigenvalue weighted by molar-refractivity contribution is 0.561. The third-order valence-electron chi connectivity index (χ3n) is 0.725. The van der Waals surface area contributed by atoms with Gasteiger partial charge in [0.05, 0.1) is 12.4 Å². The van der Waals surface area contributed by atoms with Crippen LogP contribution < -0.4 is 0 Å². The van der Waals surface area contributed by atoms with Gasteiger partial charge in [0.25, 0.3) is 6.29 Å². The molecule has 1 radical (unpaired) electrons. The first-order chi connectivity index (χ1) is 4.33. The molecule has 0 saturated carbocycles. The molecule has 0 bridgehead atoms. The monoisotopic (exact) mass is 141 g/mol. The Balaban J connectivity index is 3.01. The fourth-order valence-electron chi connectivity index (χ4n) is 0.365. The van der Waals surface area contributed by atoms with Gasteiger partial charge in [0.15, 0.2) is 0 Å². The molecule has 4 heteroatoms. The first-order valence-electron chi connectivity index (χ1n) is 2.18. The molecule has 0 unspecified atom stereocenters. The van der Waals surface area contributed by atoms with E-state index in [1.54, 1.807) is 6.29 Å². The molecular formula is C5H2ClN2O. The molecule has 0 amide bonds. The van der Waals surface area contributed by atoms with E-state index in [1.807, 2.05) is 0 Å². The van der Waals surface area contributed by atoms with Crippen LogP contribution in [0.2, 0.25) is 5.15 Å². The summed E-state index contributed by atoms with van der Waals surface area (Å²) in [5, 5.41) is 0.272. The molecule has 0 atom stereocenters. The van der Waals surface area contributed by atoms with Gasteiger partial charge in [-0.1, -0.05) is 11.6 Å². The molecule has 0 spiro atoms. The zero-order chi connectivity index (χ0) is 6.69. The second-order valence-electron chi connectivity index (χ2n) is 1.33. The van der Waals surface area contributed by atoms with Gasteiger partial charge in [0.2, 0.25) is 0 Å². The zero-order valence-electron chi connectivity index (χ0n) is 4.34. The van der Waals surface area contributed by atoms with Crippen molar-refractivity contribution in [2.45, 2.75) is 0 Å². The summed E-state index contributed by atoms with van der Waals surface area (Å²) >= 11 is 5.37. The van der Waals surface area contributed by atoms with Crippen molar-refractivity contribution in [2.75, 3.05) is 0 Å². The Labute approximate surface area is 56.7 Å². The first-order valence-corrected chi connectivity index (χ1v) is 2.56. The molecular weight excluding hydrogens is 140 g/mol. The van der Waals surface area contributed by atoms with E-state index in [9.17, 15) is 4.79 Å². The maximum atomic E-state index is 9.85. The van der Waals surface area contributed by atoms with E-state index < -0.39 is 0 Å². The molecule has 0 fully saturated rings. The minimum atomic E-state index is 0.166. The molecule has 1 aromatic heterocycles. The van der Waals surface area contributed by atoms with Gasteiger partial charge in [-0.05, 0) is 0 Å². The predicted octanol–water partition coefficient (Wildman–Crippen LogP) is 0.588. The molecule has 0 aliphatic heterocycles. The van der Waals surface area contributed by atoms with E-state index in [0.717, 1.165) is 0 Å². The summed E-state index contributed by atoms with van der Waals surface area (Å²) in [5.74, 6) is 0. The SMILES string of the molecule is O=[C]c1cnc(Cl)cn1. The second kappa shape index (κ2) is 2.55.